The molecule has 1 fully saturated rings. The number of hydrogen-bond donors (Lipinski definition) is 1. The van der Waals surface area contributed by atoms with Crippen LogP contribution in [0.3, 0.4) is 0 Å². The first-order valence-electron chi connectivity index (χ1n) is 10.1. The Bertz CT molecular complexity index is 1010. The van der Waals surface area contributed by atoms with E-state index in [-0.39, 0.29) is 16.8 Å². The number of nitrogens with zero attached hydrogens (tertiary/aromatic N) is 1. The van der Waals surface area contributed by atoms with Gasteiger partial charge in [0.25, 0.3) is 5.91 Å². The Balaban J connectivity index is 1.47. The smallest absolute Gasteiger partial charge is 0.251 e. The maximum atomic E-state index is 12.8. The Hall–Kier alpha value is -2.42. The number of benzene rings is 2. The summed E-state index contributed by atoms with van der Waals surface area (Å²) in [5.41, 5.74) is 2.75. The molecule has 0 bridgehead atoms. The molecule has 1 saturated heterocycles. The molecule has 0 radical (unpaired) electrons. The van der Waals surface area contributed by atoms with E-state index in [1.165, 1.54) is 22.0 Å². The van der Waals surface area contributed by atoms with E-state index >= 15 is 0 Å². The molecule has 7 nitrogen and oxygen atoms in total. The number of morpholine rings is 1. The standard InChI is InChI=1S/C22H26N2O5S/c1-28-18-7-10-20-17(15-18)3-2-4-21(20)23-22(25)16-5-8-19(9-6-16)30(26,27)24-11-13-29-14-12-24/h5-10,15,21H,2-4,11-14H2,1H3,(H,23,25)/t21-/m1/s1. The lowest BCUT2D eigenvalue weighted by molar-refractivity contribution is 0.0730. The molecule has 1 aliphatic carbocycles. The molecule has 2 aromatic carbocycles. The van der Waals surface area contributed by atoms with Gasteiger partial charge in [0.2, 0.25) is 10.0 Å². The van der Waals surface area contributed by atoms with Crippen molar-refractivity contribution < 1.29 is 22.7 Å². The summed E-state index contributed by atoms with van der Waals surface area (Å²) in [5.74, 6) is 0.608. The van der Waals surface area contributed by atoms with Crippen LogP contribution in [0.1, 0.15) is 40.4 Å². The highest BCUT2D eigenvalue weighted by molar-refractivity contribution is 7.89. The number of rotatable bonds is 5. The lowest BCUT2D eigenvalue weighted by Gasteiger charge is -2.27. The number of fused-ring (bicyclic) bond motifs is 1. The molecule has 1 atom stereocenters. The van der Waals surface area contributed by atoms with Crippen molar-refractivity contribution in [1.82, 2.24) is 9.62 Å². The maximum Gasteiger partial charge on any atom is 0.251 e. The summed E-state index contributed by atoms with van der Waals surface area (Å²) in [5, 5.41) is 3.09. The highest BCUT2D eigenvalue weighted by Crippen LogP contribution is 2.32. The minimum absolute atomic E-state index is 0.0658. The van der Waals surface area contributed by atoms with Gasteiger partial charge in [-0.15, -0.1) is 0 Å². The van der Waals surface area contributed by atoms with Crippen molar-refractivity contribution in [3.05, 3.63) is 59.2 Å². The van der Waals surface area contributed by atoms with Crippen LogP contribution in [0.4, 0.5) is 0 Å². The number of aryl methyl sites for hydroxylation is 1. The Morgan fingerprint density at radius 3 is 2.57 bits per heavy atom. The van der Waals surface area contributed by atoms with Crippen LogP contribution in [0, 0.1) is 0 Å². The second-order valence-corrected chi connectivity index (χ2v) is 9.46. The van der Waals surface area contributed by atoms with Gasteiger partial charge >= 0.3 is 0 Å². The number of sulfonamides is 1. The van der Waals surface area contributed by atoms with E-state index in [2.05, 4.69) is 5.32 Å². The Morgan fingerprint density at radius 1 is 1.13 bits per heavy atom. The SMILES string of the molecule is COc1ccc2c(c1)CCC[C@H]2NC(=O)c1ccc(S(=O)(=O)N2CCOCC2)cc1. The van der Waals surface area contributed by atoms with Crippen molar-refractivity contribution in [1.29, 1.82) is 0 Å². The van der Waals surface area contributed by atoms with Crippen molar-refractivity contribution in [3.63, 3.8) is 0 Å². The molecule has 0 aromatic heterocycles. The molecule has 2 aromatic rings. The van der Waals surface area contributed by atoms with Gasteiger partial charge in [-0.25, -0.2) is 8.42 Å². The summed E-state index contributed by atoms with van der Waals surface area (Å²) in [4.78, 5) is 13.0. The molecule has 0 saturated carbocycles. The van der Waals surface area contributed by atoms with Crippen molar-refractivity contribution in [2.75, 3.05) is 33.4 Å². The van der Waals surface area contributed by atoms with Crippen LogP contribution in [0.25, 0.3) is 0 Å². The predicted octanol–water partition coefficient (Wildman–Crippen LogP) is 2.52. The topological polar surface area (TPSA) is 84.9 Å². The Morgan fingerprint density at radius 2 is 1.87 bits per heavy atom. The van der Waals surface area contributed by atoms with E-state index in [4.69, 9.17) is 9.47 Å². The van der Waals surface area contributed by atoms with Crippen molar-refractivity contribution in [3.8, 4) is 5.75 Å². The summed E-state index contributed by atoms with van der Waals surface area (Å²) >= 11 is 0. The number of nitrogens with one attached hydrogen (secondary N) is 1. The first-order valence-corrected chi connectivity index (χ1v) is 11.6. The van der Waals surface area contributed by atoms with Gasteiger partial charge in [0.05, 0.1) is 31.3 Å². The van der Waals surface area contributed by atoms with Gasteiger partial charge in [-0.05, 0) is 66.8 Å². The minimum atomic E-state index is -3.57. The molecule has 30 heavy (non-hydrogen) atoms. The average molecular weight is 431 g/mol. The lowest BCUT2D eigenvalue weighted by Crippen LogP contribution is -2.40. The second-order valence-electron chi connectivity index (χ2n) is 7.52. The van der Waals surface area contributed by atoms with Gasteiger partial charge in [-0.1, -0.05) is 6.07 Å². The van der Waals surface area contributed by atoms with E-state index < -0.39 is 10.0 Å². The lowest BCUT2D eigenvalue weighted by atomic mass is 9.87. The molecule has 1 amide bonds. The number of ether oxygens (including phenoxy) is 2. The summed E-state index contributed by atoms with van der Waals surface area (Å²) in [6.45, 7) is 1.48. The normalized spacial score (nSPS) is 19.7. The van der Waals surface area contributed by atoms with Crippen LogP contribution in [0.2, 0.25) is 0 Å². The van der Waals surface area contributed by atoms with E-state index in [1.807, 2.05) is 18.2 Å². The number of amides is 1. The maximum absolute atomic E-state index is 12.8. The summed E-state index contributed by atoms with van der Waals surface area (Å²) in [6, 6.07) is 12.0. The monoisotopic (exact) mass is 430 g/mol. The van der Waals surface area contributed by atoms with E-state index in [1.54, 1.807) is 19.2 Å². The molecule has 2 aliphatic rings. The second kappa shape index (κ2) is 8.75. The van der Waals surface area contributed by atoms with Crippen LogP contribution in [0.15, 0.2) is 47.4 Å². The van der Waals surface area contributed by atoms with Crippen molar-refractivity contribution in [2.45, 2.75) is 30.2 Å². The molecule has 1 heterocycles. The summed E-state index contributed by atoms with van der Waals surface area (Å²) in [6.07, 6.45) is 2.82. The first kappa shape index (κ1) is 20.8. The fraction of sp³-hybridized carbons (Fsp3) is 0.409. The molecular weight excluding hydrogens is 404 g/mol. The average Bonchev–Trinajstić information content (AvgIpc) is 2.79. The third-order valence-corrected chi connectivity index (χ3v) is 7.61. The number of carbonyl (C=O) groups excluding carboxylic acids is 1. The molecule has 0 spiro atoms. The Labute approximate surface area is 177 Å². The predicted molar refractivity (Wildman–Crippen MR) is 112 cm³/mol. The minimum Gasteiger partial charge on any atom is -0.497 e. The number of methoxy groups -OCH3 is 1. The molecule has 1 N–H and O–H groups in total. The van der Waals surface area contributed by atoms with E-state index in [9.17, 15) is 13.2 Å². The quantitative estimate of drug-likeness (QED) is 0.788. The van der Waals surface area contributed by atoms with Gasteiger partial charge in [0.1, 0.15) is 5.75 Å². The van der Waals surface area contributed by atoms with Gasteiger partial charge in [-0.2, -0.15) is 4.31 Å². The molecular formula is C22H26N2O5S. The third kappa shape index (κ3) is 4.21. The fourth-order valence-electron chi connectivity index (χ4n) is 4.02. The highest BCUT2D eigenvalue weighted by Gasteiger charge is 2.27. The zero-order chi connectivity index (χ0) is 21.1. The largest absolute Gasteiger partial charge is 0.497 e. The molecule has 8 heteroatoms. The van der Waals surface area contributed by atoms with E-state index in [0.717, 1.165) is 30.6 Å². The Kier molecular flexibility index (Phi) is 6.08. The van der Waals surface area contributed by atoms with Crippen LogP contribution in [0.5, 0.6) is 5.75 Å². The number of hydrogen-bond acceptors (Lipinski definition) is 5. The number of carbonyl (C=O) groups is 1. The van der Waals surface area contributed by atoms with Gasteiger partial charge in [0.15, 0.2) is 0 Å². The molecule has 1 aliphatic heterocycles. The van der Waals surface area contributed by atoms with Crippen molar-refractivity contribution >= 4 is 15.9 Å². The molecule has 0 unspecified atom stereocenters. The van der Waals surface area contributed by atoms with Gasteiger partial charge in [0, 0.05) is 18.7 Å². The fourth-order valence-corrected chi connectivity index (χ4v) is 5.43. The highest BCUT2D eigenvalue weighted by atomic mass is 32.2. The van der Waals surface area contributed by atoms with Crippen molar-refractivity contribution in [2.24, 2.45) is 0 Å². The summed E-state index contributed by atoms with van der Waals surface area (Å²) < 4.78 is 37.4. The van der Waals surface area contributed by atoms with Gasteiger partial charge in [-0.3, -0.25) is 4.79 Å². The third-order valence-electron chi connectivity index (χ3n) is 5.69. The first-order chi connectivity index (χ1) is 14.5. The van der Waals surface area contributed by atoms with Crippen LogP contribution in [-0.4, -0.2) is 52.0 Å². The zero-order valence-electron chi connectivity index (χ0n) is 17.0. The summed E-state index contributed by atoms with van der Waals surface area (Å²) in [7, 11) is -1.92. The van der Waals surface area contributed by atoms with Crippen LogP contribution >= 0.6 is 0 Å². The van der Waals surface area contributed by atoms with Crippen LogP contribution < -0.4 is 10.1 Å². The van der Waals surface area contributed by atoms with Crippen LogP contribution in [-0.2, 0) is 21.2 Å². The zero-order valence-corrected chi connectivity index (χ0v) is 17.8. The molecule has 4 rings (SSSR count). The van der Waals surface area contributed by atoms with E-state index in [0.29, 0.717) is 31.9 Å². The molecule has 160 valence electrons. The van der Waals surface area contributed by atoms with Gasteiger partial charge < -0.3 is 14.8 Å².